The number of nitrogens with zero attached hydrogens (tertiary/aromatic N) is 2. The Bertz CT molecular complexity index is 509. The fourth-order valence-corrected chi connectivity index (χ4v) is 1.93. The average Bonchev–Trinajstić information content (AvgIpc) is 2.78. The number of nitrogens with one attached hydrogen (secondary N) is 2. The fourth-order valence-electron chi connectivity index (χ4n) is 1.93. The molecule has 5 nitrogen and oxygen atoms in total. The monoisotopic (exact) mass is 248 g/mol. The SMILES string of the molecule is CNCCN(C)Cc1n[nH]c2ccc(OC)cc12. The van der Waals surface area contributed by atoms with Gasteiger partial charge in [-0.3, -0.25) is 10.00 Å². The summed E-state index contributed by atoms with van der Waals surface area (Å²) >= 11 is 0. The minimum Gasteiger partial charge on any atom is -0.497 e. The molecule has 0 aliphatic carbocycles. The maximum atomic E-state index is 5.25. The minimum atomic E-state index is 0.828. The summed E-state index contributed by atoms with van der Waals surface area (Å²) in [5, 5.41) is 11.7. The Morgan fingerprint density at radius 3 is 3.00 bits per heavy atom. The van der Waals surface area contributed by atoms with Gasteiger partial charge < -0.3 is 10.1 Å². The second-order valence-corrected chi connectivity index (χ2v) is 4.42. The van der Waals surface area contributed by atoms with Gasteiger partial charge in [-0.1, -0.05) is 0 Å². The van der Waals surface area contributed by atoms with Crippen molar-refractivity contribution < 1.29 is 4.74 Å². The van der Waals surface area contributed by atoms with Crippen molar-refractivity contribution in [3.63, 3.8) is 0 Å². The molecule has 0 aliphatic rings. The molecule has 0 unspecified atom stereocenters. The predicted molar refractivity (Wildman–Crippen MR) is 72.9 cm³/mol. The van der Waals surface area contributed by atoms with Gasteiger partial charge in [0.2, 0.25) is 0 Å². The van der Waals surface area contributed by atoms with Crippen molar-refractivity contribution in [2.45, 2.75) is 6.54 Å². The molecule has 18 heavy (non-hydrogen) atoms. The van der Waals surface area contributed by atoms with Crippen molar-refractivity contribution in [1.29, 1.82) is 0 Å². The van der Waals surface area contributed by atoms with E-state index in [0.717, 1.165) is 42.0 Å². The zero-order valence-electron chi connectivity index (χ0n) is 11.2. The molecule has 1 aromatic carbocycles. The zero-order valence-corrected chi connectivity index (χ0v) is 11.2. The van der Waals surface area contributed by atoms with Crippen molar-refractivity contribution in [3.8, 4) is 5.75 Å². The van der Waals surface area contributed by atoms with Crippen LogP contribution in [-0.4, -0.2) is 49.4 Å². The van der Waals surface area contributed by atoms with Gasteiger partial charge in [0.05, 0.1) is 18.3 Å². The molecule has 0 atom stereocenters. The number of H-pyrrole nitrogens is 1. The minimum absolute atomic E-state index is 0.828. The molecule has 2 rings (SSSR count). The van der Waals surface area contributed by atoms with Crippen LogP contribution in [0.2, 0.25) is 0 Å². The van der Waals surface area contributed by atoms with Crippen LogP contribution in [0.25, 0.3) is 10.9 Å². The first kappa shape index (κ1) is 12.9. The van der Waals surface area contributed by atoms with E-state index in [9.17, 15) is 0 Å². The van der Waals surface area contributed by atoms with Crippen LogP contribution in [0.4, 0.5) is 0 Å². The lowest BCUT2D eigenvalue weighted by Crippen LogP contribution is -2.27. The Balaban J connectivity index is 2.17. The molecule has 0 amide bonds. The Labute approximate surface area is 107 Å². The van der Waals surface area contributed by atoms with Crippen molar-refractivity contribution in [3.05, 3.63) is 23.9 Å². The molecule has 0 saturated heterocycles. The van der Waals surface area contributed by atoms with E-state index in [1.165, 1.54) is 0 Å². The van der Waals surface area contributed by atoms with Crippen LogP contribution < -0.4 is 10.1 Å². The Kier molecular flexibility index (Phi) is 4.17. The molecular formula is C13H20N4O. The summed E-state index contributed by atoms with van der Waals surface area (Å²) in [5.74, 6) is 0.864. The fraction of sp³-hybridized carbons (Fsp3) is 0.462. The third-order valence-corrected chi connectivity index (χ3v) is 3.01. The molecule has 98 valence electrons. The van der Waals surface area contributed by atoms with Gasteiger partial charge in [-0.15, -0.1) is 0 Å². The number of fused-ring (bicyclic) bond motifs is 1. The molecule has 0 aliphatic heterocycles. The summed E-state index contributed by atoms with van der Waals surface area (Å²) in [6, 6.07) is 5.97. The number of hydrogen-bond donors (Lipinski definition) is 2. The Morgan fingerprint density at radius 1 is 1.44 bits per heavy atom. The summed E-state index contributed by atoms with van der Waals surface area (Å²) < 4.78 is 5.25. The molecule has 2 N–H and O–H groups in total. The van der Waals surface area contributed by atoms with Crippen molar-refractivity contribution in [2.75, 3.05) is 34.3 Å². The van der Waals surface area contributed by atoms with E-state index in [4.69, 9.17) is 4.74 Å². The van der Waals surface area contributed by atoms with Crippen LogP contribution in [0.5, 0.6) is 5.75 Å². The molecule has 0 bridgehead atoms. The molecular weight excluding hydrogens is 228 g/mol. The number of benzene rings is 1. The second kappa shape index (κ2) is 5.84. The van der Waals surface area contributed by atoms with Gasteiger partial charge in [0.25, 0.3) is 0 Å². The standard InChI is InChI=1S/C13H20N4O/c1-14-6-7-17(2)9-13-11-8-10(18-3)4-5-12(11)15-16-13/h4-5,8,14H,6-7,9H2,1-3H3,(H,15,16). The van der Waals surface area contributed by atoms with Gasteiger partial charge >= 0.3 is 0 Å². The van der Waals surface area contributed by atoms with Crippen LogP contribution in [0, 0.1) is 0 Å². The molecule has 0 fully saturated rings. The number of likely N-dealkylation sites (N-methyl/N-ethyl adjacent to an activating group) is 2. The number of ether oxygens (including phenoxy) is 1. The first-order chi connectivity index (χ1) is 8.74. The van der Waals surface area contributed by atoms with E-state index in [-0.39, 0.29) is 0 Å². The molecule has 1 heterocycles. The number of aromatic amines is 1. The summed E-state index contributed by atoms with van der Waals surface area (Å²) in [6.45, 7) is 2.80. The van der Waals surface area contributed by atoms with Crippen LogP contribution in [0.3, 0.4) is 0 Å². The topological polar surface area (TPSA) is 53.2 Å². The van der Waals surface area contributed by atoms with Gasteiger partial charge in [-0.2, -0.15) is 5.10 Å². The molecule has 2 aromatic rings. The maximum Gasteiger partial charge on any atom is 0.119 e. The first-order valence-corrected chi connectivity index (χ1v) is 6.08. The van der Waals surface area contributed by atoms with Gasteiger partial charge in [0, 0.05) is 25.0 Å². The largest absolute Gasteiger partial charge is 0.497 e. The number of methoxy groups -OCH3 is 1. The third kappa shape index (κ3) is 2.80. The normalized spacial score (nSPS) is 11.3. The van der Waals surface area contributed by atoms with Crippen molar-refractivity contribution in [2.24, 2.45) is 0 Å². The highest BCUT2D eigenvalue weighted by molar-refractivity contribution is 5.82. The maximum absolute atomic E-state index is 5.25. The van der Waals surface area contributed by atoms with Crippen LogP contribution >= 0.6 is 0 Å². The van der Waals surface area contributed by atoms with E-state index >= 15 is 0 Å². The number of hydrogen-bond acceptors (Lipinski definition) is 4. The number of aromatic nitrogens is 2. The first-order valence-electron chi connectivity index (χ1n) is 6.08. The predicted octanol–water partition coefficient (Wildman–Crippen LogP) is 1.22. The molecule has 0 saturated carbocycles. The molecule has 0 radical (unpaired) electrons. The lowest BCUT2D eigenvalue weighted by atomic mass is 10.2. The lowest BCUT2D eigenvalue weighted by Gasteiger charge is -2.14. The number of rotatable bonds is 6. The summed E-state index contributed by atoms with van der Waals surface area (Å²) in [4.78, 5) is 2.24. The highest BCUT2D eigenvalue weighted by atomic mass is 16.5. The summed E-state index contributed by atoms with van der Waals surface area (Å²) in [6.07, 6.45) is 0. The van der Waals surface area contributed by atoms with Crippen molar-refractivity contribution in [1.82, 2.24) is 20.4 Å². The lowest BCUT2D eigenvalue weighted by molar-refractivity contribution is 0.325. The molecule has 0 spiro atoms. The molecule has 5 heteroatoms. The van der Waals surface area contributed by atoms with Crippen LogP contribution in [-0.2, 0) is 6.54 Å². The van der Waals surface area contributed by atoms with E-state index in [0.29, 0.717) is 0 Å². The summed E-state index contributed by atoms with van der Waals surface area (Å²) in [7, 11) is 5.74. The van der Waals surface area contributed by atoms with Crippen LogP contribution in [0.1, 0.15) is 5.69 Å². The zero-order chi connectivity index (χ0) is 13.0. The van der Waals surface area contributed by atoms with Gasteiger partial charge in [0.15, 0.2) is 0 Å². The second-order valence-electron chi connectivity index (χ2n) is 4.42. The Morgan fingerprint density at radius 2 is 2.28 bits per heavy atom. The average molecular weight is 248 g/mol. The molecule has 1 aromatic heterocycles. The Hall–Kier alpha value is -1.59. The van der Waals surface area contributed by atoms with E-state index < -0.39 is 0 Å². The third-order valence-electron chi connectivity index (χ3n) is 3.01. The van der Waals surface area contributed by atoms with Gasteiger partial charge in [-0.25, -0.2) is 0 Å². The summed E-state index contributed by atoms with van der Waals surface area (Å²) in [5.41, 5.74) is 2.11. The quantitative estimate of drug-likeness (QED) is 0.807. The highest BCUT2D eigenvalue weighted by Crippen LogP contribution is 2.22. The van der Waals surface area contributed by atoms with E-state index in [1.54, 1.807) is 7.11 Å². The van der Waals surface area contributed by atoms with Gasteiger partial charge in [0.1, 0.15) is 5.75 Å². The van der Waals surface area contributed by atoms with E-state index in [1.807, 2.05) is 25.2 Å². The van der Waals surface area contributed by atoms with Crippen molar-refractivity contribution >= 4 is 10.9 Å². The van der Waals surface area contributed by atoms with E-state index in [2.05, 4.69) is 27.5 Å². The van der Waals surface area contributed by atoms with Gasteiger partial charge in [-0.05, 0) is 32.3 Å². The highest BCUT2D eigenvalue weighted by Gasteiger charge is 2.09. The smallest absolute Gasteiger partial charge is 0.119 e. The van der Waals surface area contributed by atoms with Crippen LogP contribution in [0.15, 0.2) is 18.2 Å².